The van der Waals surface area contributed by atoms with E-state index in [0.717, 1.165) is 0 Å². The molecule has 0 amide bonds. The van der Waals surface area contributed by atoms with E-state index in [1.165, 1.54) is 33.5 Å². The van der Waals surface area contributed by atoms with Crippen molar-refractivity contribution in [1.82, 2.24) is 0 Å². The summed E-state index contributed by atoms with van der Waals surface area (Å²) in [5.41, 5.74) is 1.15. The minimum absolute atomic E-state index is 0.119. The largest absolute Gasteiger partial charge is 0.497 e. The van der Waals surface area contributed by atoms with Crippen molar-refractivity contribution in [2.75, 3.05) is 28.4 Å². The molecule has 0 fully saturated rings. The summed E-state index contributed by atoms with van der Waals surface area (Å²) in [4.78, 5) is 25.7. The summed E-state index contributed by atoms with van der Waals surface area (Å²) in [6, 6.07) is 14.8. The number of benzene rings is 3. The molecule has 1 aliphatic heterocycles. The Morgan fingerprint density at radius 1 is 0.794 bits per heavy atom. The predicted molar refractivity (Wildman–Crippen MR) is 123 cm³/mol. The van der Waals surface area contributed by atoms with Gasteiger partial charge in [0, 0.05) is 17.7 Å². The van der Waals surface area contributed by atoms with Gasteiger partial charge in [0.15, 0.2) is 5.76 Å². The highest BCUT2D eigenvalue weighted by molar-refractivity contribution is 6.14. The fourth-order valence-electron chi connectivity index (χ4n) is 3.52. The summed E-state index contributed by atoms with van der Waals surface area (Å²) >= 11 is 0. The first-order valence-corrected chi connectivity index (χ1v) is 10.2. The topological polar surface area (TPSA) is 89.5 Å². The number of ketones is 1. The Morgan fingerprint density at radius 2 is 1.47 bits per heavy atom. The van der Waals surface area contributed by atoms with E-state index >= 15 is 0 Å². The predicted octanol–water partition coefficient (Wildman–Crippen LogP) is 4.56. The van der Waals surface area contributed by atoms with Gasteiger partial charge >= 0.3 is 5.97 Å². The van der Waals surface area contributed by atoms with E-state index in [4.69, 9.17) is 28.4 Å². The molecule has 3 aromatic rings. The lowest BCUT2D eigenvalue weighted by Crippen LogP contribution is -2.12. The van der Waals surface area contributed by atoms with Gasteiger partial charge in [0.05, 0.1) is 34.0 Å². The van der Waals surface area contributed by atoms with Crippen molar-refractivity contribution >= 4 is 17.8 Å². The van der Waals surface area contributed by atoms with Crippen molar-refractivity contribution in [2.24, 2.45) is 0 Å². The minimum atomic E-state index is -0.669. The second-order valence-electron chi connectivity index (χ2n) is 7.13. The van der Waals surface area contributed by atoms with Gasteiger partial charge in [-0.05, 0) is 42.5 Å². The number of Topliss-reactive ketones (excluding diaryl/α,β-unsaturated/α-hetero) is 1. The molecule has 8 nitrogen and oxygen atoms in total. The number of carbonyl (C=O) groups is 2. The monoisotopic (exact) mass is 462 g/mol. The van der Waals surface area contributed by atoms with Crippen LogP contribution in [0.15, 0.2) is 60.4 Å². The lowest BCUT2D eigenvalue weighted by molar-refractivity contribution is 0.0727. The second-order valence-corrected chi connectivity index (χ2v) is 7.13. The Kier molecular flexibility index (Phi) is 6.40. The maximum absolute atomic E-state index is 12.8. The number of fused-ring (bicyclic) bond motifs is 1. The number of methoxy groups -OCH3 is 4. The van der Waals surface area contributed by atoms with Crippen LogP contribution in [0.5, 0.6) is 34.5 Å². The zero-order valence-electron chi connectivity index (χ0n) is 19.0. The van der Waals surface area contributed by atoms with Gasteiger partial charge in [0.1, 0.15) is 40.1 Å². The molecule has 174 valence electrons. The van der Waals surface area contributed by atoms with E-state index in [1.54, 1.807) is 55.7 Å². The number of rotatable bonds is 7. The van der Waals surface area contributed by atoms with Gasteiger partial charge in [0.2, 0.25) is 5.78 Å². The maximum Gasteiger partial charge on any atom is 0.351 e. The standard InChI is InChI=1S/C26H22O8/c1-29-16-9-8-15(21(13-16)32-4)12-23-25(27)18-11-10-17(14-22(18)34-23)33-26(28)24-19(30-2)6-5-7-20(24)31-3/h5-14H,1-4H3. The number of allylic oxidation sites excluding steroid dienone is 1. The molecule has 1 heterocycles. The third-order valence-electron chi connectivity index (χ3n) is 5.21. The summed E-state index contributed by atoms with van der Waals surface area (Å²) in [5.74, 6) is 1.42. The lowest BCUT2D eigenvalue weighted by Gasteiger charge is -2.12. The van der Waals surface area contributed by atoms with Crippen LogP contribution in [0.25, 0.3) is 6.08 Å². The summed E-state index contributed by atoms with van der Waals surface area (Å²) in [6.07, 6.45) is 1.59. The van der Waals surface area contributed by atoms with Crippen molar-refractivity contribution in [3.63, 3.8) is 0 Å². The third-order valence-corrected chi connectivity index (χ3v) is 5.21. The molecule has 3 aromatic carbocycles. The van der Waals surface area contributed by atoms with Crippen LogP contribution in [0, 0.1) is 0 Å². The van der Waals surface area contributed by atoms with Gasteiger partial charge < -0.3 is 28.4 Å². The fourth-order valence-corrected chi connectivity index (χ4v) is 3.52. The lowest BCUT2D eigenvalue weighted by atomic mass is 10.1. The summed E-state index contributed by atoms with van der Waals surface area (Å²) in [6.45, 7) is 0. The number of carbonyl (C=O) groups excluding carboxylic acids is 2. The zero-order chi connectivity index (χ0) is 24.2. The van der Waals surface area contributed by atoms with E-state index in [2.05, 4.69) is 0 Å². The van der Waals surface area contributed by atoms with Crippen LogP contribution in [0.2, 0.25) is 0 Å². The van der Waals surface area contributed by atoms with E-state index in [9.17, 15) is 9.59 Å². The molecule has 0 spiro atoms. The molecule has 0 atom stereocenters. The van der Waals surface area contributed by atoms with Crippen molar-refractivity contribution in [2.45, 2.75) is 0 Å². The van der Waals surface area contributed by atoms with Crippen LogP contribution >= 0.6 is 0 Å². The highest BCUT2D eigenvalue weighted by Crippen LogP contribution is 2.37. The number of esters is 1. The molecule has 0 bridgehead atoms. The first kappa shape index (κ1) is 22.7. The van der Waals surface area contributed by atoms with Crippen molar-refractivity contribution < 1.29 is 38.0 Å². The van der Waals surface area contributed by atoms with Crippen LogP contribution < -0.4 is 28.4 Å². The zero-order valence-corrected chi connectivity index (χ0v) is 19.0. The van der Waals surface area contributed by atoms with Crippen molar-refractivity contribution in [3.05, 3.63) is 77.0 Å². The van der Waals surface area contributed by atoms with Crippen LogP contribution in [0.4, 0.5) is 0 Å². The van der Waals surface area contributed by atoms with Gasteiger partial charge in [-0.2, -0.15) is 0 Å². The van der Waals surface area contributed by atoms with Gasteiger partial charge in [0.25, 0.3) is 0 Å². The Bertz CT molecular complexity index is 1270. The smallest absolute Gasteiger partial charge is 0.351 e. The molecule has 1 aliphatic rings. The average Bonchev–Trinajstić information content (AvgIpc) is 3.17. The first-order chi connectivity index (χ1) is 16.5. The van der Waals surface area contributed by atoms with Gasteiger partial charge in [-0.25, -0.2) is 4.79 Å². The number of hydrogen-bond acceptors (Lipinski definition) is 8. The fraction of sp³-hybridized carbons (Fsp3) is 0.154. The Morgan fingerprint density at radius 3 is 2.12 bits per heavy atom. The number of ether oxygens (including phenoxy) is 6. The molecule has 0 aromatic heterocycles. The van der Waals surface area contributed by atoms with Crippen LogP contribution in [-0.2, 0) is 0 Å². The summed E-state index contributed by atoms with van der Waals surface area (Å²) in [5, 5.41) is 0. The average molecular weight is 462 g/mol. The maximum atomic E-state index is 12.8. The van der Waals surface area contributed by atoms with E-state index in [1.807, 2.05) is 0 Å². The molecule has 0 saturated heterocycles. The van der Waals surface area contributed by atoms with Crippen molar-refractivity contribution in [1.29, 1.82) is 0 Å². The molecule has 4 rings (SSSR count). The van der Waals surface area contributed by atoms with Gasteiger partial charge in [-0.3, -0.25) is 4.79 Å². The second kappa shape index (κ2) is 9.58. The van der Waals surface area contributed by atoms with E-state index in [-0.39, 0.29) is 28.6 Å². The molecule has 34 heavy (non-hydrogen) atoms. The summed E-state index contributed by atoms with van der Waals surface area (Å²) < 4.78 is 32.4. The first-order valence-electron chi connectivity index (χ1n) is 10.2. The molecule has 0 radical (unpaired) electrons. The summed E-state index contributed by atoms with van der Waals surface area (Å²) in [7, 11) is 5.99. The molecule has 0 unspecified atom stereocenters. The third kappa shape index (κ3) is 4.25. The van der Waals surface area contributed by atoms with Crippen molar-refractivity contribution in [3.8, 4) is 34.5 Å². The van der Waals surface area contributed by atoms with Crippen LogP contribution in [0.3, 0.4) is 0 Å². The molecular formula is C26H22O8. The van der Waals surface area contributed by atoms with E-state index in [0.29, 0.717) is 34.1 Å². The molecule has 8 heteroatoms. The molecule has 0 saturated carbocycles. The van der Waals surface area contributed by atoms with Crippen LogP contribution in [0.1, 0.15) is 26.3 Å². The highest BCUT2D eigenvalue weighted by atomic mass is 16.5. The quantitative estimate of drug-likeness (QED) is 0.287. The van der Waals surface area contributed by atoms with Crippen LogP contribution in [-0.4, -0.2) is 40.2 Å². The Balaban J connectivity index is 1.59. The molecule has 0 aliphatic carbocycles. The van der Waals surface area contributed by atoms with E-state index < -0.39 is 5.97 Å². The number of hydrogen-bond donors (Lipinski definition) is 0. The SMILES string of the molecule is COc1ccc(C=C2Oc3cc(OC(=O)c4c(OC)cccc4OC)ccc3C2=O)c(OC)c1. The molecular weight excluding hydrogens is 440 g/mol. The van der Waals surface area contributed by atoms with Gasteiger partial charge in [-0.15, -0.1) is 0 Å². The highest BCUT2D eigenvalue weighted by Gasteiger charge is 2.29. The minimum Gasteiger partial charge on any atom is -0.497 e. The Labute approximate surface area is 196 Å². The normalized spacial score (nSPS) is 13.2. The molecule has 0 N–H and O–H groups in total. The Hall–Kier alpha value is -4.46. The van der Waals surface area contributed by atoms with Gasteiger partial charge in [-0.1, -0.05) is 6.07 Å².